The van der Waals surface area contributed by atoms with Crippen molar-refractivity contribution in [1.29, 1.82) is 0 Å². The van der Waals surface area contributed by atoms with Crippen LogP contribution >= 0.6 is 11.6 Å². The van der Waals surface area contributed by atoms with Crippen LogP contribution in [0.25, 0.3) is 11.1 Å². The molecule has 1 amide bonds. The first kappa shape index (κ1) is 12.5. The number of carbonyl (C=O) groups is 1. The molecule has 0 aromatic heterocycles. The number of amides is 1. The van der Waals surface area contributed by atoms with Gasteiger partial charge in [0.1, 0.15) is 0 Å². The molecule has 92 valence electrons. The van der Waals surface area contributed by atoms with Gasteiger partial charge in [-0.25, -0.2) is 4.79 Å². The van der Waals surface area contributed by atoms with Crippen LogP contribution in [0.5, 0.6) is 0 Å². The summed E-state index contributed by atoms with van der Waals surface area (Å²) in [6.45, 7) is 0. The van der Waals surface area contributed by atoms with E-state index in [-0.39, 0.29) is 0 Å². The summed E-state index contributed by atoms with van der Waals surface area (Å²) in [4.78, 5) is 11.3. The van der Waals surface area contributed by atoms with Crippen molar-refractivity contribution in [3.63, 3.8) is 0 Å². The first-order valence-electron chi connectivity index (χ1n) is 5.40. The van der Waals surface area contributed by atoms with E-state index in [2.05, 4.69) is 10.1 Å². The Balaban J connectivity index is 2.41. The third-order valence-electron chi connectivity index (χ3n) is 2.48. The number of nitrogens with one attached hydrogen (secondary N) is 1. The molecule has 4 heteroatoms. The second-order valence-corrected chi connectivity index (χ2v) is 4.11. The van der Waals surface area contributed by atoms with E-state index >= 15 is 0 Å². The van der Waals surface area contributed by atoms with E-state index in [1.54, 1.807) is 6.07 Å². The van der Waals surface area contributed by atoms with Crippen LogP contribution in [0.3, 0.4) is 0 Å². The zero-order chi connectivity index (χ0) is 13.0. The molecule has 0 aliphatic rings. The second kappa shape index (κ2) is 5.56. The summed E-state index contributed by atoms with van der Waals surface area (Å²) in [6.07, 6.45) is -0.496. The van der Waals surface area contributed by atoms with Crippen LogP contribution in [0.4, 0.5) is 10.5 Å². The van der Waals surface area contributed by atoms with Gasteiger partial charge in [-0.15, -0.1) is 0 Å². The third kappa shape index (κ3) is 2.81. The summed E-state index contributed by atoms with van der Waals surface area (Å²) >= 11 is 5.97. The maximum absolute atomic E-state index is 11.3. The van der Waals surface area contributed by atoms with E-state index in [9.17, 15) is 4.79 Å². The molecule has 18 heavy (non-hydrogen) atoms. The lowest BCUT2D eigenvalue weighted by atomic mass is 10.0. The molecule has 3 nitrogen and oxygen atoms in total. The van der Waals surface area contributed by atoms with Crippen molar-refractivity contribution in [3.05, 3.63) is 53.6 Å². The molecule has 0 fully saturated rings. The van der Waals surface area contributed by atoms with E-state index in [0.717, 1.165) is 11.1 Å². The van der Waals surface area contributed by atoms with Gasteiger partial charge in [-0.3, -0.25) is 5.32 Å². The van der Waals surface area contributed by atoms with E-state index in [0.29, 0.717) is 10.7 Å². The molecular formula is C14H12ClNO2. The Morgan fingerprint density at radius 1 is 1.17 bits per heavy atom. The zero-order valence-corrected chi connectivity index (χ0v) is 10.6. The van der Waals surface area contributed by atoms with Gasteiger partial charge in [-0.2, -0.15) is 0 Å². The van der Waals surface area contributed by atoms with Gasteiger partial charge in [0.15, 0.2) is 0 Å². The number of benzene rings is 2. The van der Waals surface area contributed by atoms with Gasteiger partial charge >= 0.3 is 6.09 Å². The molecule has 0 aliphatic heterocycles. The molecule has 0 bridgehead atoms. The molecule has 0 aliphatic carbocycles. The highest BCUT2D eigenvalue weighted by Crippen LogP contribution is 2.29. The summed E-state index contributed by atoms with van der Waals surface area (Å²) in [7, 11) is 1.33. The van der Waals surface area contributed by atoms with Crippen molar-refractivity contribution in [2.45, 2.75) is 0 Å². The maximum Gasteiger partial charge on any atom is 0.411 e. The molecule has 0 radical (unpaired) electrons. The van der Waals surface area contributed by atoms with Crippen molar-refractivity contribution >= 4 is 23.4 Å². The van der Waals surface area contributed by atoms with Crippen LogP contribution in [0.1, 0.15) is 0 Å². The average molecular weight is 262 g/mol. The van der Waals surface area contributed by atoms with E-state index < -0.39 is 6.09 Å². The van der Waals surface area contributed by atoms with Gasteiger partial charge in [-0.05, 0) is 23.8 Å². The second-order valence-electron chi connectivity index (χ2n) is 3.67. The van der Waals surface area contributed by atoms with Gasteiger partial charge in [0.25, 0.3) is 0 Å². The van der Waals surface area contributed by atoms with Crippen LogP contribution < -0.4 is 5.32 Å². The molecule has 1 N–H and O–H groups in total. The number of para-hydroxylation sites is 1. The number of ether oxygens (including phenoxy) is 1. The lowest BCUT2D eigenvalue weighted by molar-refractivity contribution is 0.187. The zero-order valence-electron chi connectivity index (χ0n) is 9.81. The lowest BCUT2D eigenvalue weighted by Gasteiger charge is -2.10. The van der Waals surface area contributed by atoms with Gasteiger partial charge in [0.05, 0.1) is 12.8 Å². The van der Waals surface area contributed by atoms with Gasteiger partial charge in [0.2, 0.25) is 0 Å². The van der Waals surface area contributed by atoms with Gasteiger partial charge in [-0.1, -0.05) is 41.9 Å². The Labute approximate surface area is 110 Å². The highest BCUT2D eigenvalue weighted by atomic mass is 35.5. The standard InChI is InChI=1S/C14H12ClNO2/c1-18-14(17)16-13-8-3-2-7-12(13)10-5-4-6-11(15)9-10/h2-9H,1H3,(H,16,17). The van der Waals surface area contributed by atoms with Crippen molar-refractivity contribution in [3.8, 4) is 11.1 Å². The Morgan fingerprint density at radius 3 is 2.67 bits per heavy atom. The minimum absolute atomic E-state index is 0.496. The average Bonchev–Trinajstić information content (AvgIpc) is 2.39. The van der Waals surface area contributed by atoms with Crippen LogP contribution in [0, 0.1) is 0 Å². The number of carbonyl (C=O) groups excluding carboxylic acids is 1. The van der Waals surface area contributed by atoms with Gasteiger partial charge in [0, 0.05) is 10.6 Å². The molecule has 2 aromatic carbocycles. The molecule has 0 unspecified atom stereocenters. The maximum atomic E-state index is 11.3. The largest absolute Gasteiger partial charge is 0.453 e. The normalized spacial score (nSPS) is 9.89. The van der Waals surface area contributed by atoms with Crippen molar-refractivity contribution in [2.24, 2.45) is 0 Å². The first-order valence-corrected chi connectivity index (χ1v) is 5.78. The topological polar surface area (TPSA) is 38.3 Å². The molecule has 2 aromatic rings. The number of hydrogen-bond donors (Lipinski definition) is 1. The summed E-state index contributed by atoms with van der Waals surface area (Å²) in [5.74, 6) is 0. The molecule has 0 saturated heterocycles. The minimum atomic E-state index is -0.496. The smallest absolute Gasteiger partial charge is 0.411 e. The SMILES string of the molecule is COC(=O)Nc1ccccc1-c1cccc(Cl)c1. The molecule has 0 saturated carbocycles. The number of hydrogen-bond acceptors (Lipinski definition) is 2. The Morgan fingerprint density at radius 2 is 1.94 bits per heavy atom. The van der Waals surface area contributed by atoms with E-state index in [1.165, 1.54) is 7.11 Å². The molecular weight excluding hydrogens is 250 g/mol. The summed E-state index contributed by atoms with van der Waals surface area (Å²) < 4.78 is 4.59. The monoisotopic (exact) mass is 261 g/mol. The van der Waals surface area contributed by atoms with Crippen LogP contribution in [0.15, 0.2) is 48.5 Å². The van der Waals surface area contributed by atoms with E-state index in [4.69, 9.17) is 11.6 Å². The number of anilines is 1. The first-order chi connectivity index (χ1) is 8.70. The molecule has 0 atom stereocenters. The highest BCUT2D eigenvalue weighted by molar-refractivity contribution is 6.30. The molecule has 0 spiro atoms. The fourth-order valence-corrected chi connectivity index (χ4v) is 1.85. The molecule has 2 rings (SSSR count). The van der Waals surface area contributed by atoms with Crippen LogP contribution in [0.2, 0.25) is 5.02 Å². The summed E-state index contributed by atoms with van der Waals surface area (Å²) in [5.41, 5.74) is 2.52. The van der Waals surface area contributed by atoms with Crippen molar-refractivity contribution in [2.75, 3.05) is 12.4 Å². The Hall–Kier alpha value is -2.00. The third-order valence-corrected chi connectivity index (χ3v) is 2.72. The number of rotatable bonds is 2. The Bertz CT molecular complexity index is 569. The Kier molecular flexibility index (Phi) is 3.85. The predicted octanol–water partition coefficient (Wildman–Crippen LogP) is 4.19. The number of methoxy groups -OCH3 is 1. The van der Waals surface area contributed by atoms with Crippen molar-refractivity contribution < 1.29 is 9.53 Å². The van der Waals surface area contributed by atoms with Crippen LogP contribution in [-0.4, -0.2) is 13.2 Å². The fourth-order valence-electron chi connectivity index (χ4n) is 1.66. The van der Waals surface area contributed by atoms with Crippen molar-refractivity contribution in [1.82, 2.24) is 0 Å². The summed E-state index contributed by atoms with van der Waals surface area (Å²) in [5, 5.41) is 3.33. The fraction of sp³-hybridized carbons (Fsp3) is 0.0714. The quantitative estimate of drug-likeness (QED) is 0.880. The minimum Gasteiger partial charge on any atom is -0.453 e. The molecule has 0 heterocycles. The highest BCUT2D eigenvalue weighted by Gasteiger charge is 2.07. The van der Waals surface area contributed by atoms with E-state index in [1.807, 2.05) is 42.5 Å². The lowest BCUT2D eigenvalue weighted by Crippen LogP contribution is -2.11. The van der Waals surface area contributed by atoms with Crippen LogP contribution in [-0.2, 0) is 4.74 Å². The predicted molar refractivity (Wildman–Crippen MR) is 72.9 cm³/mol. The summed E-state index contributed by atoms with van der Waals surface area (Å²) in [6, 6.07) is 14.9. The van der Waals surface area contributed by atoms with Gasteiger partial charge < -0.3 is 4.74 Å². The number of halogens is 1.